The quantitative estimate of drug-likeness (QED) is 0.531. The molecule has 1 aliphatic heterocycles. The van der Waals surface area contributed by atoms with Crippen molar-refractivity contribution >= 4 is 16.7 Å². The predicted octanol–water partition coefficient (Wildman–Crippen LogP) is 3.82. The molecule has 2 saturated carbocycles. The summed E-state index contributed by atoms with van der Waals surface area (Å²) < 4.78 is 16.8. The molecule has 0 spiro atoms. The monoisotopic (exact) mass is 488 g/mol. The van der Waals surface area contributed by atoms with Crippen LogP contribution in [0, 0.1) is 18.7 Å². The Balaban J connectivity index is 1.44. The van der Waals surface area contributed by atoms with Crippen molar-refractivity contribution in [2.75, 3.05) is 26.2 Å². The predicted molar refractivity (Wildman–Crippen MR) is 140 cm³/mol. The summed E-state index contributed by atoms with van der Waals surface area (Å²) >= 11 is 0. The molecule has 0 radical (unpaired) electrons. The zero-order valence-electron chi connectivity index (χ0n) is 20.8. The van der Waals surface area contributed by atoms with Gasteiger partial charge in [0.2, 0.25) is 0 Å². The van der Waals surface area contributed by atoms with Crippen molar-refractivity contribution in [3.05, 3.63) is 69.4 Å². The van der Waals surface area contributed by atoms with Gasteiger partial charge in [-0.1, -0.05) is 6.07 Å². The summed E-state index contributed by atoms with van der Waals surface area (Å²) in [6.45, 7) is 7.12. The van der Waals surface area contributed by atoms with Gasteiger partial charge in [0.25, 0.3) is 11.5 Å². The lowest BCUT2D eigenvalue weighted by Gasteiger charge is -2.28. The number of carbonyl (C=O) groups is 1. The van der Waals surface area contributed by atoms with Gasteiger partial charge in [-0.05, 0) is 90.4 Å². The van der Waals surface area contributed by atoms with Gasteiger partial charge in [0.05, 0.1) is 0 Å². The summed E-state index contributed by atoms with van der Waals surface area (Å²) in [6.07, 6.45) is 6.37. The van der Waals surface area contributed by atoms with Gasteiger partial charge in [-0.15, -0.1) is 0 Å². The molecule has 2 heterocycles. The van der Waals surface area contributed by atoms with Gasteiger partial charge in [0.15, 0.2) is 0 Å². The number of rotatable bonds is 7. The molecular weight excluding hydrogens is 455 g/mol. The van der Waals surface area contributed by atoms with Crippen LogP contribution in [0.1, 0.15) is 47.2 Å². The number of hydrogen-bond donors (Lipinski definition) is 2. The minimum Gasteiger partial charge on any atom is -0.349 e. The molecule has 1 amide bonds. The lowest BCUT2D eigenvalue weighted by atomic mass is 9.94. The second kappa shape index (κ2) is 9.45. The van der Waals surface area contributed by atoms with Gasteiger partial charge in [-0.2, -0.15) is 0 Å². The van der Waals surface area contributed by atoms with Gasteiger partial charge in [-0.3, -0.25) is 14.5 Å². The fourth-order valence-corrected chi connectivity index (χ4v) is 5.19. The largest absolute Gasteiger partial charge is 0.349 e. The average molecular weight is 489 g/mol. The van der Waals surface area contributed by atoms with Crippen LogP contribution >= 0.6 is 0 Å². The molecule has 0 atom stereocenters. The molecule has 6 nitrogen and oxygen atoms in total. The van der Waals surface area contributed by atoms with Crippen LogP contribution in [-0.4, -0.2) is 47.6 Å². The molecule has 6 rings (SSSR count). The maximum absolute atomic E-state index is 14.9. The van der Waals surface area contributed by atoms with E-state index in [9.17, 15) is 14.0 Å². The third kappa shape index (κ3) is 4.82. The molecule has 188 valence electrons. The lowest BCUT2D eigenvalue weighted by Crippen LogP contribution is -2.43. The van der Waals surface area contributed by atoms with Crippen LogP contribution in [0.4, 0.5) is 4.39 Å². The highest BCUT2D eigenvalue weighted by Crippen LogP contribution is 2.33. The molecule has 3 aliphatic rings. The maximum atomic E-state index is 14.9. The molecule has 3 aromatic rings. The number of amides is 1. The van der Waals surface area contributed by atoms with Crippen molar-refractivity contribution in [3.63, 3.8) is 0 Å². The smallest absolute Gasteiger partial charge is 0.258 e. The van der Waals surface area contributed by atoms with Crippen LogP contribution in [0.5, 0.6) is 0 Å². The van der Waals surface area contributed by atoms with Gasteiger partial charge in [0, 0.05) is 62.5 Å². The first-order valence-electron chi connectivity index (χ1n) is 13.2. The number of benzene rings is 2. The second-order valence-electron chi connectivity index (χ2n) is 10.7. The van der Waals surface area contributed by atoms with E-state index in [1.54, 1.807) is 13.0 Å². The van der Waals surface area contributed by atoms with Crippen molar-refractivity contribution < 1.29 is 9.18 Å². The van der Waals surface area contributed by atoms with E-state index in [1.165, 1.54) is 18.9 Å². The Hall–Kier alpha value is -3.03. The third-order valence-corrected chi connectivity index (χ3v) is 7.75. The van der Waals surface area contributed by atoms with E-state index >= 15 is 0 Å². The van der Waals surface area contributed by atoms with Crippen molar-refractivity contribution in [3.8, 4) is 11.1 Å². The van der Waals surface area contributed by atoms with Gasteiger partial charge >= 0.3 is 0 Å². The summed E-state index contributed by atoms with van der Waals surface area (Å²) in [5.74, 6) is -0.0307. The van der Waals surface area contributed by atoms with E-state index in [2.05, 4.69) is 15.5 Å². The minimum absolute atomic E-state index is 0.0352. The Morgan fingerprint density at radius 2 is 1.86 bits per heavy atom. The molecule has 2 aliphatic carbocycles. The molecule has 3 fully saturated rings. The molecule has 1 aromatic heterocycles. The van der Waals surface area contributed by atoms with Gasteiger partial charge in [-0.25, -0.2) is 4.39 Å². The Labute approximate surface area is 210 Å². The number of carbonyl (C=O) groups excluding carboxylic acids is 1. The van der Waals surface area contributed by atoms with Gasteiger partial charge < -0.3 is 15.2 Å². The minimum atomic E-state index is -0.394. The zero-order chi connectivity index (χ0) is 24.8. The van der Waals surface area contributed by atoms with Crippen LogP contribution < -0.4 is 16.2 Å². The molecular formula is C29H33FN4O2. The highest BCUT2D eigenvalue weighted by molar-refractivity contribution is 5.97. The highest BCUT2D eigenvalue weighted by atomic mass is 19.1. The number of halogens is 1. The summed E-state index contributed by atoms with van der Waals surface area (Å²) in [7, 11) is 0. The molecule has 2 N–H and O–H groups in total. The van der Waals surface area contributed by atoms with Crippen molar-refractivity contribution in [2.24, 2.45) is 5.92 Å². The van der Waals surface area contributed by atoms with E-state index in [4.69, 9.17) is 0 Å². The average Bonchev–Trinajstić information content (AvgIpc) is 3.81. The van der Waals surface area contributed by atoms with E-state index in [0.717, 1.165) is 68.6 Å². The van der Waals surface area contributed by atoms with Crippen molar-refractivity contribution in [1.82, 2.24) is 20.1 Å². The Kier molecular flexibility index (Phi) is 6.13. The van der Waals surface area contributed by atoms with E-state index in [1.807, 2.05) is 29.0 Å². The molecule has 0 unspecified atom stereocenters. The number of pyridine rings is 1. The standard InChI is InChI=1S/C29H33FN4O2/c1-18-25(13-21(14-27(18)30)28(35)32-23-5-6-23)20-4-7-24-26(12-20)22(16-33-10-8-31-9-11-33)17-34(29(24)36)15-19-2-3-19/h4,7,12-14,17,19,23,31H,2-3,5-6,8-11,15-16H2,1H3,(H,32,35). The van der Waals surface area contributed by atoms with Crippen LogP contribution in [-0.2, 0) is 13.1 Å². The van der Waals surface area contributed by atoms with Crippen LogP contribution in [0.3, 0.4) is 0 Å². The number of nitrogens with zero attached hydrogens (tertiary/aromatic N) is 2. The number of aromatic nitrogens is 1. The van der Waals surface area contributed by atoms with Crippen molar-refractivity contribution in [1.29, 1.82) is 0 Å². The Morgan fingerprint density at radius 3 is 2.58 bits per heavy atom. The van der Waals surface area contributed by atoms with E-state index in [0.29, 0.717) is 28.0 Å². The topological polar surface area (TPSA) is 66.4 Å². The normalized spacial score (nSPS) is 18.5. The van der Waals surface area contributed by atoms with Crippen LogP contribution in [0.25, 0.3) is 21.9 Å². The SMILES string of the molecule is Cc1c(F)cc(C(=O)NC2CC2)cc1-c1ccc2c(=O)n(CC3CC3)cc(CN3CCNCC3)c2c1. The molecule has 0 bridgehead atoms. The number of piperazine rings is 1. The first-order chi connectivity index (χ1) is 17.5. The Bertz CT molecular complexity index is 1380. The Morgan fingerprint density at radius 1 is 1.08 bits per heavy atom. The van der Waals surface area contributed by atoms with Crippen LogP contribution in [0.2, 0.25) is 0 Å². The van der Waals surface area contributed by atoms with E-state index < -0.39 is 5.82 Å². The number of fused-ring (bicyclic) bond motifs is 1. The highest BCUT2D eigenvalue weighted by Gasteiger charge is 2.26. The van der Waals surface area contributed by atoms with Crippen LogP contribution in [0.15, 0.2) is 41.3 Å². The maximum Gasteiger partial charge on any atom is 0.258 e. The fraction of sp³-hybridized carbons (Fsp3) is 0.448. The fourth-order valence-electron chi connectivity index (χ4n) is 5.19. The molecule has 7 heteroatoms. The zero-order valence-corrected chi connectivity index (χ0v) is 20.8. The second-order valence-corrected chi connectivity index (χ2v) is 10.7. The summed E-state index contributed by atoms with van der Waals surface area (Å²) in [4.78, 5) is 28.5. The number of hydrogen-bond acceptors (Lipinski definition) is 4. The lowest BCUT2D eigenvalue weighted by molar-refractivity contribution is 0.0950. The summed E-state index contributed by atoms with van der Waals surface area (Å²) in [5, 5.41) is 7.97. The summed E-state index contributed by atoms with van der Waals surface area (Å²) in [6, 6.07) is 9.10. The number of nitrogens with one attached hydrogen (secondary N) is 2. The molecule has 36 heavy (non-hydrogen) atoms. The third-order valence-electron chi connectivity index (χ3n) is 7.75. The van der Waals surface area contributed by atoms with Gasteiger partial charge in [0.1, 0.15) is 5.82 Å². The van der Waals surface area contributed by atoms with E-state index in [-0.39, 0.29) is 17.5 Å². The molecule has 2 aromatic carbocycles. The first-order valence-corrected chi connectivity index (χ1v) is 13.2. The first kappa shape index (κ1) is 23.4. The molecule has 1 saturated heterocycles. The summed E-state index contributed by atoms with van der Waals surface area (Å²) in [5.41, 5.74) is 3.50. The van der Waals surface area contributed by atoms with Crippen molar-refractivity contribution in [2.45, 2.75) is 51.7 Å².